The minimum atomic E-state index is 0.0590. The highest BCUT2D eigenvalue weighted by Crippen LogP contribution is 2.43. The Morgan fingerprint density at radius 2 is 1.95 bits per heavy atom. The molecule has 1 aromatic rings. The van der Waals surface area contributed by atoms with Crippen molar-refractivity contribution >= 4 is 29.4 Å². The zero-order valence-electron chi connectivity index (χ0n) is 12.3. The summed E-state index contributed by atoms with van der Waals surface area (Å²) in [6.45, 7) is 1.17. The highest BCUT2D eigenvalue weighted by atomic mass is 32.2. The van der Waals surface area contributed by atoms with E-state index in [1.807, 2.05) is 41.7 Å². The lowest BCUT2D eigenvalue weighted by Crippen LogP contribution is -2.34. The lowest BCUT2D eigenvalue weighted by atomic mass is 10.1. The van der Waals surface area contributed by atoms with Crippen molar-refractivity contribution in [1.82, 2.24) is 4.90 Å². The van der Waals surface area contributed by atoms with Crippen molar-refractivity contribution in [2.24, 2.45) is 0 Å². The molecule has 2 heterocycles. The number of nitrogens with zero attached hydrogens (tertiary/aromatic N) is 2. The quantitative estimate of drug-likeness (QED) is 0.826. The number of hydrogen-bond acceptors (Lipinski definition) is 4. The van der Waals surface area contributed by atoms with Crippen LogP contribution in [0.1, 0.15) is 33.3 Å². The van der Waals surface area contributed by atoms with Gasteiger partial charge in [-0.2, -0.15) is 5.26 Å². The summed E-state index contributed by atoms with van der Waals surface area (Å²) in [7, 11) is 0. The van der Waals surface area contributed by atoms with Crippen LogP contribution >= 0.6 is 23.5 Å². The van der Waals surface area contributed by atoms with Gasteiger partial charge in [-0.05, 0) is 42.0 Å². The van der Waals surface area contributed by atoms with Crippen molar-refractivity contribution < 1.29 is 4.79 Å². The lowest BCUT2D eigenvalue weighted by molar-refractivity contribution is 0.0769. The molecule has 0 aromatic heterocycles. The first-order valence-corrected chi connectivity index (χ1v) is 9.59. The minimum absolute atomic E-state index is 0.0590. The SMILES string of the molecule is N#CC1=CCN(C(=O)c2ccc(C3SCCCS3)cc2)CC1. The molecule has 0 spiro atoms. The number of hydrogen-bond donors (Lipinski definition) is 0. The normalized spacial score (nSPS) is 19.4. The smallest absolute Gasteiger partial charge is 0.254 e. The summed E-state index contributed by atoms with van der Waals surface area (Å²) >= 11 is 3.98. The van der Waals surface area contributed by atoms with E-state index in [4.69, 9.17) is 5.26 Å². The van der Waals surface area contributed by atoms with Crippen LogP contribution in [0.5, 0.6) is 0 Å². The Morgan fingerprint density at radius 3 is 2.55 bits per heavy atom. The van der Waals surface area contributed by atoms with Gasteiger partial charge in [0.05, 0.1) is 10.7 Å². The molecule has 2 aliphatic heterocycles. The molecule has 1 saturated heterocycles. The summed E-state index contributed by atoms with van der Waals surface area (Å²) in [4.78, 5) is 14.3. The Kier molecular flexibility index (Phi) is 5.12. The van der Waals surface area contributed by atoms with Crippen molar-refractivity contribution in [3.05, 3.63) is 47.0 Å². The Labute approximate surface area is 139 Å². The number of carbonyl (C=O) groups excluding carboxylic acids is 1. The van der Waals surface area contributed by atoms with E-state index in [1.165, 1.54) is 23.5 Å². The van der Waals surface area contributed by atoms with Gasteiger partial charge in [-0.1, -0.05) is 18.2 Å². The maximum atomic E-state index is 12.5. The molecule has 0 atom stereocenters. The van der Waals surface area contributed by atoms with E-state index in [2.05, 4.69) is 18.2 Å². The van der Waals surface area contributed by atoms with Gasteiger partial charge in [0.2, 0.25) is 0 Å². The topological polar surface area (TPSA) is 44.1 Å². The summed E-state index contributed by atoms with van der Waals surface area (Å²) in [6.07, 6.45) is 3.80. The van der Waals surface area contributed by atoms with Gasteiger partial charge in [0, 0.05) is 24.2 Å². The molecule has 0 N–H and O–H groups in total. The van der Waals surface area contributed by atoms with E-state index < -0.39 is 0 Å². The van der Waals surface area contributed by atoms with Crippen molar-refractivity contribution in [3.63, 3.8) is 0 Å². The van der Waals surface area contributed by atoms with Crippen LogP contribution in [0.3, 0.4) is 0 Å². The average Bonchev–Trinajstić information content (AvgIpc) is 2.62. The molecule has 3 rings (SSSR count). The summed E-state index contributed by atoms with van der Waals surface area (Å²) < 4.78 is 0.508. The summed E-state index contributed by atoms with van der Waals surface area (Å²) in [6, 6.07) is 10.2. The van der Waals surface area contributed by atoms with Crippen LogP contribution in [0.15, 0.2) is 35.9 Å². The van der Waals surface area contributed by atoms with Crippen LogP contribution in [0, 0.1) is 11.3 Å². The largest absolute Gasteiger partial charge is 0.335 e. The summed E-state index contributed by atoms with van der Waals surface area (Å²) in [5.74, 6) is 2.50. The maximum absolute atomic E-state index is 12.5. The van der Waals surface area contributed by atoms with Crippen LogP contribution in [0.4, 0.5) is 0 Å². The standard InChI is InChI=1S/C17H18N2OS2/c18-12-13-6-8-19(9-7-13)16(20)14-2-4-15(5-3-14)17-21-10-1-11-22-17/h2-6,17H,1,7-11H2. The van der Waals surface area contributed by atoms with Gasteiger partial charge >= 0.3 is 0 Å². The first-order chi connectivity index (χ1) is 10.8. The van der Waals surface area contributed by atoms with E-state index in [0.29, 0.717) is 24.1 Å². The molecular weight excluding hydrogens is 312 g/mol. The van der Waals surface area contributed by atoms with Crippen molar-refractivity contribution in [1.29, 1.82) is 5.26 Å². The molecule has 2 aliphatic rings. The fraction of sp³-hybridized carbons (Fsp3) is 0.412. The van der Waals surface area contributed by atoms with Gasteiger partial charge in [0.15, 0.2) is 0 Å². The number of carbonyl (C=O) groups is 1. The molecular formula is C17H18N2OS2. The highest BCUT2D eigenvalue weighted by Gasteiger charge is 2.20. The molecule has 0 unspecified atom stereocenters. The zero-order valence-corrected chi connectivity index (χ0v) is 14.0. The molecule has 1 fully saturated rings. The predicted molar refractivity (Wildman–Crippen MR) is 92.9 cm³/mol. The van der Waals surface area contributed by atoms with E-state index in [-0.39, 0.29) is 5.91 Å². The van der Waals surface area contributed by atoms with Gasteiger partial charge in [-0.15, -0.1) is 23.5 Å². The number of rotatable bonds is 2. The third-order valence-electron chi connectivity index (χ3n) is 3.90. The van der Waals surface area contributed by atoms with Crippen LogP contribution in [-0.2, 0) is 0 Å². The van der Waals surface area contributed by atoms with Gasteiger partial charge < -0.3 is 4.90 Å². The Morgan fingerprint density at radius 1 is 1.23 bits per heavy atom. The number of amides is 1. The number of nitriles is 1. The fourth-order valence-corrected chi connectivity index (χ4v) is 5.50. The van der Waals surface area contributed by atoms with Crippen molar-refractivity contribution in [3.8, 4) is 6.07 Å². The molecule has 0 saturated carbocycles. The van der Waals surface area contributed by atoms with Gasteiger partial charge in [-0.3, -0.25) is 4.79 Å². The van der Waals surface area contributed by atoms with Gasteiger partial charge in [-0.25, -0.2) is 0 Å². The zero-order chi connectivity index (χ0) is 15.4. The highest BCUT2D eigenvalue weighted by molar-refractivity contribution is 8.16. The second-order valence-electron chi connectivity index (χ2n) is 5.39. The van der Waals surface area contributed by atoms with E-state index in [9.17, 15) is 4.79 Å². The van der Waals surface area contributed by atoms with Gasteiger partial charge in [0.25, 0.3) is 5.91 Å². The molecule has 1 amide bonds. The van der Waals surface area contributed by atoms with Crippen LogP contribution in [-0.4, -0.2) is 35.4 Å². The molecule has 0 bridgehead atoms. The fourth-order valence-electron chi connectivity index (χ4n) is 2.60. The molecule has 0 aliphatic carbocycles. The summed E-state index contributed by atoms with van der Waals surface area (Å²) in [5, 5.41) is 8.86. The minimum Gasteiger partial charge on any atom is -0.335 e. The van der Waals surface area contributed by atoms with Crippen molar-refractivity contribution in [2.75, 3.05) is 24.6 Å². The maximum Gasteiger partial charge on any atom is 0.254 e. The van der Waals surface area contributed by atoms with E-state index in [0.717, 1.165) is 11.1 Å². The average molecular weight is 330 g/mol. The molecule has 5 heteroatoms. The van der Waals surface area contributed by atoms with Crippen LogP contribution in [0.2, 0.25) is 0 Å². The Balaban J connectivity index is 1.66. The number of benzene rings is 1. The van der Waals surface area contributed by atoms with Gasteiger partial charge in [0.1, 0.15) is 0 Å². The second kappa shape index (κ2) is 7.26. The van der Waals surface area contributed by atoms with E-state index >= 15 is 0 Å². The monoisotopic (exact) mass is 330 g/mol. The Hall–Kier alpha value is -1.38. The second-order valence-corrected chi connectivity index (χ2v) is 8.12. The van der Waals surface area contributed by atoms with Crippen molar-refractivity contribution in [2.45, 2.75) is 17.4 Å². The number of thioether (sulfide) groups is 2. The third kappa shape index (κ3) is 3.50. The first-order valence-electron chi connectivity index (χ1n) is 7.49. The van der Waals surface area contributed by atoms with E-state index in [1.54, 1.807) is 4.90 Å². The lowest BCUT2D eigenvalue weighted by Gasteiger charge is -2.25. The Bertz CT molecular complexity index is 613. The predicted octanol–water partition coefficient (Wildman–Crippen LogP) is 3.85. The molecule has 1 aromatic carbocycles. The molecule has 114 valence electrons. The summed E-state index contributed by atoms with van der Waals surface area (Å²) in [5.41, 5.74) is 2.82. The molecule has 3 nitrogen and oxygen atoms in total. The molecule has 0 radical (unpaired) electrons. The first kappa shape index (κ1) is 15.5. The van der Waals surface area contributed by atoms with Crippen LogP contribution in [0.25, 0.3) is 0 Å². The van der Waals surface area contributed by atoms with Crippen LogP contribution < -0.4 is 0 Å². The third-order valence-corrected chi connectivity index (χ3v) is 6.91. The molecule has 22 heavy (non-hydrogen) atoms.